The minimum Gasteiger partial charge on any atom is -0.319 e. The maximum absolute atomic E-state index is 6.20. The molecular formula is C11H13BrN4. The van der Waals surface area contributed by atoms with Crippen LogP contribution in [0, 0.1) is 6.92 Å². The van der Waals surface area contributed by atoms with E-state index in [2.05, 4.69) is 26.2 Å². The molecule has 0 bridgehead atoms. The van der Waals surface area contributed by atoms with Crippen LogP contribution < -0.4 is 5.73 Å². The largest absolute Gasteiger partial charge is 0.319 e. The van der Waals surface area contributed by atoms with Crippen LogP contribution in [0.3, 0.4) is 0 Å². The van der Waals surface area contributed by atoms with Gasteiger partial charge in [0.25, 0.3) is 0 Å². The van der Waals surface area contributed by atoms with Gasteiger partial charge in [-0.05, 0) is 18.1 Å². The molecule has 1 heterocycles. The second kappa shape index (κ2) is 4.35. The maximum atomic E-state index is 6.20. The van der Waals surface area contributed by atoms with E-state index in [0.29, 0.717) is 0 Å². The highest BCUT2D eigenvalue weighted by Crippen LogP contribution is 2.28. The minimum absolute atomic E-state index is 0.214. The summed E-state index contributed by atoms with van der Waals surface area (Å²) in [5, 5.41) is 7.72. The molecule has 2 rings (SSSR count). The van der Waals surface area contributed by atoms with Gasteiger partial charge in [-0.15, -0.1) is 5.10 Å². The smallest absolute Gasteiger partial charge is 0.0796 e. The van der Waals surface area contributed by atoms with Crippen molar-refractivity contribution < 1.29 is 0 Å². The fraction of sp³-hybridized carbons (Fsp3) is 0.273. The predicted octanol–water partition coefficient (Wildman–Crippen LogP) is 1.93. The van der Waals surface area contributed by atoms with Gasteiger partial charge in [0.2, 0.25) is 0 Å². The number of aromatic nitrogens is 3. The first kappa shape index (κ1) is 11.3. The van der Waals surface area contributed by atoms with Gasteiger partial charge in [-0.3, -0.25) is 4.68 Å². The molecule has 2 N–H and O–H groups in total. The van der Waals surface area contributed by atoms with E-state index >= 15 is 0 Å². The van der Waals surface area contributed by atoms with Crippen LogP contribution in [0.2, 0.25) is 0 Å². The Bertz CT molecular complexity index is 506. The van der Waals surface area contributed by atoms with Crippen LogP contribution in [0.5, 0.6) is 0 Å². The van der Waals surface area contributed by atoms with Crippen LogP contribution in [0.1, 0.15) is 22.9 Å². The Morgan fingerprint density at radius 2 is 2.19 bits per heavy atom. The molecule has 1 aromatic heterocycles. The molecule has 16 heavy (non-hydrogen) atoms. The van der Waals surface area contributed by atoms with Gasteiger partial charge in [-0.1, -0.05) is 39.3 Å². The monoisotopic (exact) mass is 280 g/mol. The Morgan fingerprint density at radius 3 is 2.81 bits per heavy atom. The molecule has 0 spiro atoms. The molecule has 0 fully saturated rings. The molecule has 84 valence electrons. The molecule has 4 nitrogen and oxygen atoms in total. The number of hydrogen-bond donors (Lipinski definition) is 1. The van der Waals surface area contributed by atoms with Gasteiger partial charge in [0.15, 0.2) is 0 Å². The summed E-state index contributed by atoms with van der Waals surface area (Å²) in [6, 6.07) is 5.84. The number of nitrogens with two attached hydrogens (primary N) is 1. The first-order chi connectivity index (χ1) is 7.61. The molecule has 2 aromatic rings. The van der Waals surface area contributed by atoms with Crippen molar-refractivity contribution in [2.45, 2.75) is 13.0 Å². The normalized spacial score (nSPS) is 12.8. The summed E-state index contributed by atoms with van der Waals surface area (Å²) in [6.07, 6.45) is 1.69. The zero-order chi connectivity index (χ0) is 11.7. The van der Waals surface area contributed by atoms with Gasteiger partial charge in [0.05, 0.1) is 17.9 Å². The Morgan fingerprint density at radius 1 is 1.44 bits per heavy atom. The summed E-state index contributed by atoms with van der Waals surface area (Å²) in [5.74, 6) is 0. The third kappa shape index (κ3) is 1.88. The standard InChI is InChI=1S/C11H13BrN4/c1-7-4-3-5-8(10(7)12)11(13)9-6-14-15-16(9)2/h3-6,11H,13H2,1-2H3. The lowest BCUT2D eigenvalue weighted by Crippen LogP contribution is -2.16. The molecule has 1 atom stereocenters. The van der Waals surface area contributed by atoms with E-state index in [4.69, 9.17) is 5.73 Å². The topological polar surface area (TPSA) is 56.7 Å². The summed E-state index contributed by atoms with van der Waals surface area (Å²) in [7, 11) is 1.84. The van der Waals surface area contributed by atoms with Gasteiger partial charge < -0.3 is 5.73 Å². The highest BCUT2D eigenvalue weighted by Gasteiger charge is 2.16. The molecule has 0 saturated carbocycles. The van der Waals surface area contributed by atoms with E-state index in [1.54, 1.807) is 10.9 Å². The van der Waals surface area contributed by atoms with Crippen molar-refractivity contribution in [3.05, 3.63) is 45.7 Å². The van der Waals surface area contributed by atoms with Gasteiger partial charge in [0.1, 0.15) is 0 Å². The predicted molar refractivity (Wildman–Crippen MR) is 65.9 cm³/mol. The molecule has 0 aliphatic heterocycles. The van der Waals surface area contributed by atoms with E-state index in [-0.39, 0.29) is 6.04 Å². The molecule has 0 amide bonds. The lowest BCUT2D eigenvalue weighted by atomic mass is 10.0. The second-order valence-electron chi connectivity index (χ2n) is 3.74. The van der Waals surface area contributed by atoms with Crippen LogP contribution in [-0.4, -0.2) is 15.0 Å². The Hall–Kier alpha value is -1.20. The molecule has 0 aliphatic carbocycles. The Labute approximate surface area is 103 Å². The van der Waals surface area contributed by atoms with Gasteiger partial charge in [0, 0.05) is 11.5 Å². The van der Waals surface area contributed by atoms with E-state index in [1.807, 2.05) is 32.2 Å². The highest BCUT2D eigenvalue weighted by molar-refractivity contribution is 9.10. The van der Waals surface area contributed by atoms with E-state index in [9.17, 15) is 0 Å². The quantitative estimate of drug-likeness (QED) is 0.915. The summed E-state index contributed by atoms with van der Waals surface area (Å²) < 4.78 is 2.74. The lowest BCUT2D eigenvalue weighted by Gasteiger charge is -2.14. The highest BCUT2D eigenvalue weighted by atomic mass is 79.9. The first-order valence-corrected chi connectivity index (χ1v) is 5.75. The number of aryl methyl sites for hydroxylation is 2. The van der Waals surface area contributed by atoms with Crippen LogP contribution in [0.25, 0.3) is 0 Å². The van der Waals surface area contributed by atoms with E-state index in [0.717, 1.165) is 15.7 Å². The third-order valence-corrected chi connectivity index (χ3v) is 3.71. The van der Waals surface area contributed by atoms with Gasteiger partial charge in [-0.2, -0.15) is 0 Å². The maximum Gasteiger partial charge on any atom is 0.0796 e. The minimum atomic E-state index is -0.214. The molecule has 1 unspecified atom stereocenters. The van der Waals surface area contributed by atoms with Crippen LogP contribution in [0.15, 0.2) is 28.9 Å². The first-order valence-electron chi connectivity index (χ1n) is 4.96. The average molecular weight is 281 g/mol. The number of nitrogens with zero attached hydrogens (tertiary/aromatic N) is 3. The molecular weight excluding hydrogens is 268 g/mol. The Kier molecular flexibility index (Phi) is 3.07. The van der Waals surface area contributed by atoms with Crippen LogP contribution in [-0.2, 0) is 7.05 Å². The molecule has 0 aliphatic rings. The molecule has 0 saturated heterocycles. The van der Waals surface area contributed by atoms with Crippen molar-refractivity contribution in [3.8, 4) is 0 Å². The van der Waals surface area contributed by atoms with Crippen molar-refractivity contribution in [1.29, 1.82) is 0 Å². The van der Waals surface area contributed by atoms with Crippen molar-refractivity contribution in [2.75, 3.05) is 0 Å². The van der Waals surface area contributed by atoms with Crippen LogP contribution in [0.4, 0.5) is 0 Å². The summed E-state index contributed by atoms with van der Waals surface area (Å²) in [4.78, 5) is 0. The number of halogens is 1. The van der Waals surface area contributed by atoms with Gasteiger partial charge in [-0.25, -0.2) is 0 Å². The van der Waals surface area contributed by atoms with E-state index < -0.39 is 0 Å². The zero-order valence-corrected chi connectivity index (χ0v) is 10.8. The van der Waals surface area contributed by atoms with E-state index in [1.165, 1.54) is 5.56 Å². The van der Waals surface area contributed by atoms with Gasteiger partial charge >= 0.3 is 0 Å². The summed E-state index contributed by atoms with van der Waals surface area (Å²) in [5.41, 5.74) is 9.31. The number of benzene rings is 1. The van der Waals surface area contributed by atoms with Crippen LogP contribution >= 0.6 is 15.9 Å². The molecule has 1 aromatic carbocycles. The zero-order valence-electron chi connectivity index (χ0n) is 9.18. The fourth-order valence-electron chi connectivity index (χ4n) is 1.65. The SMILES string of the molecule is Cc1cccc(C(N)c2cnnn2C)c1Br. The lowest BCUT2D eigenvalue weighted by molar-refractivity contribution is 0.650. The van der Waals surface area contributed by atoms with Crippen molar-refractivity contribution in [2.24, 2.45) is 12.8 Å². The summed E-state index contributed by atoms with van der Waals surface area (Å²) in [6.45, 7) is 2.04. The molecule has 0 radical (unpaired) electrons. The third-order valence-electron chi connectivity index (χ3n) is 2.62. The summed E-state index contributed by atoms with van der Waals surface area (Å²) >= 11 is 3.56. The molecule has 5 heteroatoms. The van der Waals surface area contributed by atoms with Crippen molar-refractivity contribution >= 4 is 15.9 Å². The van der Waals surface area contributed by atoms with Crippen molar-refractivity contribution in [1.82, 2.24) is 15.0 Å². The second-order valence-corrected chi connectivity index (χ2v) is 4.53. The number of rotatable bonds is 2. The Balaban J connectivity index is 2.46. The fourth-order valence-corrected chi connectivity index (χ4v) is 2.16. The average Bonchev–Trinajstić information content (AvgIpc) is 2.68. The number of hydrogen-bond acceptors (Lipinski definition) is 3. The van der Waals surface area contributed by atoms with Crippen molar-refractivity contribution in [3.63, 3.8) is 0 Å².